The van der Waals surface area contributed by atoms with Gasteiger partial charge in [-0.3, -0.25) is 4.90 Å². The van der Waals surface area contributed by atoms with Crippen molar-refractivity contribution in [3.05, 3.63) is 146 Å². The van der Waals surface area contributed by atoms with E-state index in [2.05, 4.69) is 114 Å². The third-order valence-corrected chi connectivity index (χ3v) is 7.70. The zero-order chi connectivity index (χ0) is 26.5. The maximum absolute atomic E-state index is 6.24. The molecule has 0 unspecified atom stereocenters. The predicted octanol–water partition coefficient (Wildman–Crippen LogP) is 10.4. The first-order valence-corrected chi connectivity index (χ1v) is 13.5. The lowest BCUT2D eigenvalue weighted by Gasteiger charge is -2.25. The summed E-state index contributed by atoms with van der Waals surface area (Å²) in [5.41, 5.74) is 6.12. The van der Waals surface area contributed by atoms with Gasteiger partial charge in [-0.1, -0.05) is 103 Å². The average molecular weight is 513 g/mol. The third-order valence-electron chi connectivity index (χ3n) is 7.70. The van der Waals surface area contributed by atoms with Crippen LogP contribution < -0.4 is 4.90 Å². The maximum Gasteiger partial charge on any atom is 0.149 e. The molecule has 188 valence electrons. The summed E-state index contributed by atoms with van der Waals surface area (Å²) in [6.45, 7) is 0. The van der Waals surface area contributed by atoms with Gasteiger partial charge in [-0.25, -0.2) is 4.98 Å². The highest BCUT2D eigenvalue weighted by Gasteiger charge is 2.21. The van der Waals surface area contributed by atoms with Gasteiger partial charge < -0.3 is 4.42 Å². The molecule has 0 saturated heterocycles. The van der Waals surface area contributed by atoms with E-state index in [0.29, 0.717) is 0 Å². The molecule has 3 nitrogen and oxygen atoms in total. The molecule has 0 saturated carbocycles. The number of fused-ring (bicyclic) bond motifs is 6. The molecule has 6 aromatic carbocycles. The largest absolute Gasteiger partial charge is 0.456 e. The van der Waals surface area contributed by atoms with Crippen molar-refractivity contribution in [2.75, 3.05) is 4.90 Å². The zero-order valence-electron chi connectivity index (χ0n) is 21.7. The van der Waals surface area contributed by atoms with E-state index >= 15 is 0 Å². The zero-order valence-corrected chi connectivity index (χ0v) is 21.7. The van der Waals surface area contributed by atoms with Crippen LogP contribution in [-0.2, 0) is 0 Å². The van der Waals surface area contributed by atoms with Crippen LogP contribution in [0.1, 0.15) is 0 Å². The Morgan fingerprint density at radius 3 is 2.02 bits per heavy atom. The third kappa shape index (κ3) is 3.63. The number of rotatable bonds is 4. The molecular formula is C37H24N2O. The van der Waals surface area contributed by atoms with Crippen molar-refractivity contribution in [3.63, 3.8) is 0 Å². The fourth-order valence-corrected chi connectivity index (χ4v) is 5.79. The van der Waals surface area contributed by atoms with Crippen LogP contribution in [0.2, 0.25) is 0 Å². The van der Waals surface area contributed by atoms with Crippen molar-refractivity contribution in [3.8, 4) is 11.1 Å². The normalized spacial score (nSPS) is 11.5. The molecule has 0 bridgehead atoms. The molecular weight excluding hydrogens is 488 g/mol. The summed E-state index contributed by atoms with van der Waals surface area (Å²) in [4.78, 5) is 7.20. The first kappa shape index (κ1) is 22.6. The Labute approximate surface area is 231 Å². The Bertz CT molecular complexity index is 2160. The number of hydrogen-bond acceptors (Lipinski definition) is 3. The smallest absolute Gasteiger partial charge is 0.149 e. The second-order valence-corrected chi connectivity index (χ2v) is 10.0. The summed E-state index contributed by atoms with van der Waals surface area (Å²) in [5, 5.41) is 6.98. The van der Waals surface area contributed by atoms with Gasteiger partial charge in [0.05, 0.1) is 5.39 Å². The number of nitrogens with zero attached hydrogens (tertiary/aromatic N) is 2. The van der Waals surface area contributed by atoms with Gasteiger partial charge in [0.1, 0.15) is 17.0 Å². The van der Waals surface area contributed by atoms with E-state index in [1.165, 1.54) is 32.7 Å². The van der Waals surface area contributed by atoms with Crippen LogP contribution in [0.25, 0.3) is 54.6 Å². The van der Waals surface area contributed by atoms with E-state index in [1.807, 2.05) is 36.5 Å². The number of para-hydroxylation sites is 1. The first-order chi connectivity index (χ1) is 19.8. The molecule has 0 radical (unpaired) electrons. The molecule has 3 heteroatoms. The average Bonchev–Trinajstić information content (AvgIpc) is 3.41. The minimum Gasteiger partial charge on any atom is -0.456 e. The Hall–Kier alpha value is -5.41. The Balaban J connectivity index is 1.36. The molecule has 0 atom stereocenters. The van der Waals surface area contributed by atoms with Gasteiger partial charge in [0, 0.05) is 23.0 Å². The predicted molar refractivity (Wildman–Crippen MR) is 167 cm³/mol. The SMILES string of the molecule is c1ccc(-c2ccc(N(c3ccc4c(ccc5ccccc54)c3)c3nccc4oc5ccccc5c34)cc2)cc1. The molecule has 0 aliphatic carbocycles. The first-order valence-electron chi connectivity index (χ1n) is 13.5. The van der Waals surface area contributed by atoms with Crippen molar-refractivity contribution in [2.24, 2.45) is 0 Å². The van der Waals surface area contributed by atoms with Crippen molar-refractivity contribution in [2.45, 2.75) is 0 Å². The summed E-state index contributed by atoms with van der Waals surface area (Å²) >= 11 is 0. The minimum atomic E-state index is 0.823. The monoisotopic (exact) mass is 512 g/mol. The summed E-state index contributed by atoms with van der Waals surface area (Å²) in [6.07, 6.45) is 1.83. The van der Waals surface area contributed by atoms with Crippen LogP contribution in [0, 0.1) is 0 Å². The van der Waals surface area contributed by atoms with Gasteiger partial charge >= 0.3 is 0 Å². The van der Waals surface area contributed by atoms with Crippen molar-refractivity contribution < 1.29 is 4.42 Å². The van der Waals surface area contributed by atoms with Crippen molar-refractivity contribution >= 4 is 60.7 Å². The van der Waals surface area contributed by atoms with Crippen LogP contribution in [-0.4, -0.2) is 4.98 Å². The van der Waals surface area contributed by atoms with E-state index in [9.17, 15) is 0 Å². The summed E-state index contributed by atoms with van der Waals surface area (Å²) < 4.78 is 6.24. The molecule has 0 N–H and O–H groups in total. The quantitative estimate of drug-likeness (QED) is 0.220. The van der Waals surface area contributed by atoms with Gasteiger partial charge in [-0.05, 0) is 69.1 Å². The molecule has 0 aliphatic heterocycles. The van der Waals surface area contributed by atoms with E-state index < -0.39 is 0 Å². The fourth-order valence-electron chi connectivity index (χ4n) is 5.79. The Morgan fingerprint density at radius 1 is 0.475 bits per heavy atom. The summed E-state index contributed by atoms with van der Waals surface area (Å²) in [7, 11) is 0. The lowest BCUT2D eigenvalue weighted by Crippen LogP contribution is -2.12. The molecule has 40 heavy (non-hydrogen) atoms. The molecule has 0 fully saturated rings. The molecule has 0 spiro atoms. The van der Waals surface area contributed by atoms with Crippen LogP contribution in [0.5, 0.6) is 0 Å². The maximum atomic E-state index is 6.24. The second kappa shape index (κ2) is 9.11. The second-order valence-electron chi connectivity index (χ2n) is 10.0. The number of anilines is 3. The highest BCUT2D eigenvalue weighted by Crippen LogP contribution is 2.42. The molecule has 0 amide bonds. The summed E-state index contributed by atoms with van der Waals surface area (Å²) in [6, 6.07) is 48.9. The van der Waals surface area contributed by atoms with Gasteiger partial charge in [-0.15, -0.1) is 0 Å². The summed E-state index contributed by atoms with van der Waals surface area (Å²) in [5.74, 6) is 0.843. The highest BCUT2D eigenvalue weighted by molar-refractivity contribution is 6.13. The van der Waals surface area contributed by atoms with E-state index in [1.54, 1.807) is 0 Å². The van der Waals surface area contributed by atoms with Crippen molar-refractivity contribution in [1.29, 1.82) is 0 Å². The van der Waals surface area contributed by atoms with Gasteiger partial charge in [-0.2, -0.15) is 0 Å². The van der Waals surface area contributed by atoms with E-state index in [4.69, 9.17) is 9.40 Å². The Kier molecular flexibility index (Phi) is 5.14. The van der Waals surface area contributed by atoms with E-state index in [-0.39, 0.29) is 0 Å². The molecule has 2 heterocycles. The van der Waals surface area contributed by atoms with Crippen LogP contribution in [0.15, 0.2) is 150 Å². The highest BCUT2D eigenvalue weighted by atomic mass is 16.3. The number of pyridine rings is 1. The van der Waals surface area contributed by atoms with Crippen LogP contribution in [0.4, 0.5) is 17.2 Å². The number of aromatic nitrogens is 1. The van der Waals surface area contributed by atoms with Gasteiger partial charge in [0.25, 0.3) is 0 Å². The lowest BCUT2D eigenvalue weighted by atomic mass is 10.0. The van der Waals surface area contributed by atoms with Gasteiger partial charge in [0.15, 0.2) is 0 Å². The number of hydrogen-bond donors (Lipinski definition) is 0. The topological polar surface area (TPSA) is 29.3 Å². The van der Waals surface area contributed by atoms with Crippen molar-refractivity contribution in [1.82, 2.24) is 4.98 Å². The fraction of sp³-hybridized carbons (Fsp3) is 0. The molecule has 8 aromatic rings. The molecule has 0 aliphatic rings. The van der Waals surface area contributed by atoms with Crippen LogP contribution >= 0.6 is 0 Å². The van der Waals surface area contributed by atoms with Crippen LogP contribution in [0.3, 0.4) is 0 Å². The molecule has 2 aromatic heterocycles. The number of furan rings is 1. The Morgan fingerprint density at radius 2 is 1.15 bits per heavy atom. The standard InChI is InChI=1S/C37H24N2O/c1-2-8-25(9-3-1)26-16-18-29(19-17-26)39(37-36-33-12-6-7-13-34(33)40-35(36)22-23-38-37)30-20-21-32-28(24-30)15-14-27-10-4-5-11-31(27)32/h1-24H. The lowest BCUT2D eigenvalue weighted by molar-refractivity contribution is 0.668. The number of benzene rings is 6. The molecule has 8 rings (SSSR count). The minimum absolute atomic E-state index is 0.823. The van der Waals surface area contributed by atoms with Gasteiger partial charge in [0.2, 0.25) is 0 Å². The van der Waals surface area contributed by atoms with E-state index in [0.717, 1.165) is 39.1 Å².